The molecule has 4 saturated carbocycles. The molecule has 11 rings (SSSR count). The molecule has 22 nitrogen and oxygen atoms in total. The second-order valence-corrected chi connectivity index (χ2v) is 45.7. The SMILES string of the molecule is C=C.CC(C)(C)c1cc(CCCO)cc(-n2nc3ccccc3n2)c1O.CC1(C)CC(O)CC(C)(C)N1.CCCCCCCCON1C(C)(C)CC(NCCO)CC1(C)C.CCCCN(c1nc(NO)nc(N(CCCC)C2CC(C)(C)C(OC3CCCCC3)C(C)(C)C2)n1)C1CC(C)(C)C(OC2CCCCC2)C(C)(C)C1.CN1C(C)(C)CC(O)CC1(C)C. The van der Waals surface area contributed by atoms with Crippen molar-refractivity contribution in [1.29, 1.82) is 0 Å². The molecule has 9 N–H and O–H groups in total. The minimum absolute atomic E-state index is 0.00902. The summed E-state index contributed by atoms with van der Waals surface area (Å²) in [4.78, 5) is 30.2. The lowest BCUT2D eigenvalue weighted by atomic mass is 9.60. The van der Waals surface area contributed by atoms with E-state index in [-0.39, 0.29) is 122 Å². The summed E-state index contributed by atoms with van der Waals surface area (Å²) in [7, 11) is 2.14. The monoisotopic (exact) mass is 1740 g/mol. The van der Waals surface area contributed by atoms with E-state index in [4.69, 9.17) is 39.5 Å². The fourth-order valence-electron chi connectivity index (χ4n) is 22.7. The van der Waals surface area contributed by atoms with Gasteiger partial charge in [0.2, 0.25) is 11.9 Å². The van der Waals surface area contributed by atoms with E-state index < -0.39 is 0 Å². The molecule has 7 fully saturated rings. The summed E-state index contributed by atoms with van der Waals surface area (Å²) in [6, 6.07) is 12.5. The van der Waals surface area contributed by atoms with Crippen LogP contribution in [-0.4, -0.2) is 205 Å². The predicted molar refractivity (Wildman–Crippen MR) is 515 cm³/mol. The molecule has 3 aliphatic heterocycles. The highest BCUT2D eigenvalue weighted by Crippen LogP contribution is 2.54. The van der Waals surface area contributed by atoms with Crippen LogP contribution >= 0.6 is 0 Å². The van der Waals surface area contributed by atoms with E-state index in [9.17, 15) is 20.5 Å². The number of hydroxylamine groups is 2. The zero-order valence-corrected chi connectivity index (χ0v) is 83.8. The number of aromatic nitrogens is 6. The number of phenols is 1. The number of unbranched alkanes of at least 4 members (excludes halogenated alkanes) is 7. The number of aliphatic hydroxyl groups excluding tert-OH is 4. The normalized spacial score (nSPS) is 24.2. The third kappa shape index (κ3) is 31.8. The summed E-state index contributed by atoms with van der Waals surface area (Å²) in [5.41, 5.74) is 6.61. The first-order valence-electron chi connectivity index (χ1n) is 48.9. The fourth-order valence-corrected chi connectivity index (χ4v) is 22.7. The van der Waals surface area contributed by atoms with Crippen molar-refractivity contribution in [2.45, 2.75) is 479 Å². The Labute approximate surface area is 754 Å². The molecule has 0 amide bonds. The van der Waals surface area contributed by atoms with Gasteiger partial charge in [-0.05, 0) is 263 Å². The van der Waals surface area contributed by atoms with Gasteiger partial charge in [0.05, 0.1) is 49.8 Å². The lowest BCUT2D eigenvalue weighted by Crippen LogP contribution is -2.63. The molecule has 0 bridgehead atoms. The number of ether oxygens (including phenoxy) is 2. The van der Waals surface area contributed by atoms with Crippen LogP contribution in [0.3, 0.4) is 0 Å². The Hall–Kier alpha value is -4.69. The van der Waals surface area contributed by atoms with Gasteiger partial charge in [-0.15, -0.1) is 28.2 Å². The molecule has 4 aliphatic carbocycles. The standard InChI is InChI=1S/C43H78N6O3.C19H23N3O2.C19H40N2O2.C10H21NO.C9H19NO.C2H4/c1-11-13-25-48(31-27-40(3,4)35(41(5,6)28-31)51-33-21-17-15-18-22-33)38-44-37(47-50)45-39(46-38)49(26-14-12-2)32-29-42(7,8)36(43(9,10)30-32)52-34-23-19-16-20-24-34;1-19(2,3)14-11-13(7-6-10-23)12-17(18(14)24)22-20-15-8-4-5-9-16(15)21-22;1-6-7-8-9-10-11-14-23-21-18(2,3)15-17(20-12-13-22)16-19(21,4)5;1-9(2)6-8(12)7-10(3,4)11(9)5;1-8(2)5-7(11)6-9(3,4)10-8;1-2/h31-36,50H,11-30H2,1-10H3,(H,44,45,46,47);4-5,8-9,11-12,23-24H,6-7,10H2,1-3H3;17,20,22H,6-16H2,1-5H3;8,12H,6-7H2,1-5H3;7,10-11H,5-6H2,1-4H3;1-2H2. The molecule has 7 aliphatic rings. The summed E-state index contributed by atoms with van der Waals surface area (Å²) < 4.78 is 14.1. The van der Waals surface area contributed by atoms with Gasteiger partial charge in [-0.3, -0.25) is 14.9 Å². The highest BCUT2D eigenvalue weighted by molar-refractivity contribution is 5.74. The number of benzene rings is 2. The Balaban J connectivity index is 0.000000272. The Bertz CT molecular complexity index is 3530. The van der Waals surface area contributed by atoms with Gasteiger partial charge in [-0.25, -0.2) is 5.48 Å². The van der Waals surface area contributed by atoms with Crippen LogP contribution in [0.25, 0.3) is 16.7 Å². The molecule has 2 aromatic heterocycles. The quantitative estimate of drug-likeness (QED) is 0.0133. The van der Waals surface area contributed by atoms with E-state index in [2.05, 4.69) is 246 Å². The second kappa shape index (κ2) is 47.4. The Kier molecular flexibility index (Phi) is 41.3. The van der Waals surface area contributed by atoms with Crippen LogP contribution in [0, 0.1) is 21.7 Å². The van der Waals surface area contributed by atoms with Crippen molar-refractivity contribution in [2.75, 3.05) is 61.8 Å². The highest BCUT2D eigenvalue weighted by Gasteiger charge is 2.54. The number of anilines is 3. The molecule has 712 valence electrons. The number of piperidine rings is 3. The minimum Gasteiger partial charge on any atom is -0.505 e. The number of nitrogens with zero attached hydrogens (tertiary/aromatic N) is 10. The van der Waals surface area contributed by atoms with Gasteiger partial charge in [-0.1, -0.05) is 199 Å². The van der Waals surface area contributed by atoms with Gasteiger partial charge >= 0.3 is 0 Å². The first kappa shape index (κ1) is 108. The average molecular weight is 1740 g/mol. The topological polar surface area (TPSA) is 268 Å². The van der Waals surface area contributed by atoms with Crippen LogP contribution < -0.4 is 25.9 Å². The summed E-state index contributed by atoms with van der Waals surface area (Å²) in [5, 5.41) is 76.7. The van der Waals surface area contributed by atoms with Crippen LogP contribution in [0.1, 0.15) is 390 Å². The van der Waals surface area contributed by atoms with E-state index >= 15 is 0 Å². The number of likely N-dealkylation sites (tertiary alicyclic amines) is 1. The number of aryl methyl sites for hydroxylation is 1. The summed E-state index contributed by atoms with van der Waals surface area (Å²) in [6.45, 7) is 68.2. The van der Waals surface area contributed by atoms with Crippen LogP contribution in [0.15, 0.2) is 49.6 Å². The molecular weight excluding hydrogens is 1550 g/mol. The second-order valence-electron chi connectivity index (χ2n) is 45.7. The van der Waals surface area contributed by atoms with Crippen molar-refractivity contribution < 1.29 is 45.1 Å². The molecule has 3 saturated heterocycles. The summed E-state index contributed by atoms with van der Waals surface area (Å²) in [5.74, 6) is 1.78. The van der Waals surface area contributed by atoms with Crippen LogP contribution in [0.2, 0.25) is 0 Å². The number of rotatable bonds is 30. The van der Waals surface area contributed by atoms with Gasteiger partial charge in [0.15, 0.2) is 0 Å². The average Bonchev–Trinajstić information content (AvgIpc) is 0.887. The van der Waals surface area contributed by atoms with Crippen molar-refractivity contribution in [1.82, 2.24) is 50.5 Å². The number of phenolic OH excluding ortho intramolecular Hbond substituents is 1. The first-order chi connectivity index (χ1) is 57.9. The van der Waals surface area contributed by atoms with E-state index in [1.807, 2.05) is 36.4 Å². The molecular formula is C102H185N13O9. The third-order valence-electron chi connectivity index (χ3n) is 27.7. The van der Waals surface area contributed by atoms with Gasteiger partial charge in [0.25, 0.3) is 5.95 Å². The molecule has 2 aromatic carbocycles. The van der Waals surface area contributed by atoms with E-state index in [1.54, 1.807) is 0 Å². The van der Waals surface area contributed by atoms with Crippen molar-refractivity contribution in [3.63, 3.8) is 0 Å². The van der Waals surface area contributed by atoms with E-state index in [1.165, 1.54) is 101 Å². The molecule has 4 aromatic rings. The van der Waals surface area contributed by atoms with Gasteiger partial charge in [-0.2, -0.15) is 20.0 Å². The van der Waals surface area contributed by atoms with Crippen molar-refractivity contribution >= 4 is 28.9 Å². The largest absolute Gasteiger partial charge is 0.505 e. The maximum absolute atomic E-state index is 10.8. The summed E-state index contributed by atoms with van der Waals surface area (Å²) in [6.07, 6.45) is 36.6. The minimum atomic E-state index is -0.208. The molecule has 5 heterocycles. The lowest BCUT2D eigenvalue weighted by molar-refractivity contribution is -0.284. The number of hydrogen-bond acceptors (Lipinski definition) is 21. The zero-order chi connectivity index (χ0) is 92.7. The molecule has 0 radical (unpaired) electrons. The van der Waals surface area contributed by atoms with Crippen LogP contribution in [0.4, 0.5) is 17.8 Å². The molecule has 22 heteroatoms. The first-order valence-corrected chi connectivity index (χ1v) is 48.9. The van der Waals surface area contributed by atoms with E-state index in [0.29, 0.717) is 48.8 Å². The summed E-state index contributed by atoms with van der Waals surface area (Å²) >= 11 is 0. The van der Waals surface area contributed by atoms with Crippen molar-refractivity contribution in [3.8, 4) is 11.4 Å². The Morgan fingerprint density at radius 2 is 0.944 bits per heavy atom. The lowest BCUT2D eigenvalue weighted by Gasteiger charge is -2.55. The maximum Gasteiger partial charge on any atom is 0.253 e. The number of aromatic hydroxyl groups is 1. The predicted octanol–water partition coefficient (Wildman–Crippen LogP) is 21.7. The number of nitrogens with one attached hydrogen (secondary N) is 3. The highest BCUT2D eigenvalue weighted by atomic mass is 16.7. The van der Waals surface area contributed by atoms with Gasteiger partial charge < -0.3 is 55.4 Å². The maximum atomic E-state index is 10.8. The Morgan fingerprint density at radius 1 is 0.524 bits per heavy atom. The van der Waals surface area contributed by atoms with Gasteiger partial charge in [0.1, 0.15) is 22.5 Å². The third-order valence-corrected chi connectivity index (χ3v) is 27.7. The molecule has 124 heavy (non-hydrogen) atoms. The number of hydrogen-bond donors (Lipinski definition) is 9. The van der Waals surface area contributed by atoms with Crippen molar-refractivity contribution in [3.05, 3.63) is 60.7 Å². The fraction of sp³-hybridized carbons (Fsp3) is 0.833. The Morgan fingerprint density at radius 3 is 1.34 bits per heavy atom. The number of fused-ring (bicyclic) bond motifs is 1. The zero-order valence-electron chi connectivity index (χ0n) is 83.8. The smallest absolute Gasteiger partial charge is 0.253 e. The number of aliphatic hydroxyl groups is 4. The van der Waals surface area contributed by atoms with Gasteiger partial charge in [0, 0.05) is 83.2 Å². The van der Waals surface area contributed by atoms with Crippen molar-refractivity contribution in [2.24, 2.45) is 21.7 Å². The molecule has 0 unspecified atom stereocenters. The van der Waals surface area contributed by atoms with Crippen LogP contribution in [-0.2, 0) is 26.1 Å². The van der Waals surface area contributed by atoms with Crippen LogP contribution in [0.5, 0.6) is 5.75 Å². The van der Waals surface area contributed by atoms with E-state index in [0.717, 1.165) is 145 Å². The molecule has 0 atom stereocenters. The molecule has 0 spiro atoms.